The fraction of sp³-hybridized carbons (Fsp3) is 0.500. The standard InChI is InChI=1S/C8H10ClFO3/c1-13-7(11)5-3-2-4-6(10)8(9)12/h4H,2-3,5H2,1H3. The molecule has 74 valence electrons. The van der Waals surface area contributed by atoms with Gasteiger partial charge in [-0.2, -0.15) is 0 Å². The molecule has 3 nitrogen and oxygen atoms in total. The van der Waals surface area contributed by atoms with Crippen LogP contribution in [-0.2, 0) is 14.3 Å². The Morgan fingerprint density at radius 3 is 2.62 bits per heavy atom. The number of rotatable bonds is 5. The van der Waals surface area contributed by atoms with Gasteiger partial charge in [-0.25, -0.2) is 4.39 Å². The van der Waals surface area contributed by atoms with Crippen LogP contribution in [-0.4, -0.2) is 18.3 Å². The monoisotopic (exact) mass is 208 g/mol. The van der Waals surface area contributed by atoms with Gasteiger partial charge < -0.3 is 4.74 Å². The zero-order valence-corrected chi connectivity index (χ0v) is 7.94. The van der Waals surface area contributed by atoms with Gasteiger partial charge in [0.1, 0.15) is 0 Å². The summed E-state index contributed by atoms with van der Waals surface area (Å²) in [6.45, 7) is 0. The van der Waals surface area contributed by atoms with Gasteiger partial charge >= 0.3 is 5.97 Å². The molecule has 0 spiro atoms. The molecular formula is C8H10ClFO3. The fourth-order valence-corrected chi connectivity index (χ4v) is 0.735. The van der Waals surface area contributed by atoms with Crippen molar-refractivity contribution in [2.75, 3.05) is 7.11 Å². The summed E-state index contributed by atoms with van der Waals surface area (Å²) in [6, 6.07) is 0. The van der Waals surface area contributed by atoms with Crippen LogP contribution in [0, 0.1) is 0 Å². The first-order chi connectivity index (χ1) is 6.07. The van der Waals surface area contributed by atoms with E-state index in [2.05, 4.69) is 4.74 Å². The normalized spacial score (nSPS) is 11.2. The Bertz CT molecular complexity index is 225. The Kier molecular flexibility index (Phi) is 6.14. The predicted molar refractivity (Wildman–Crippen MR) is 45.9 cm³/mol. The van der Waals surface area contributed by atoms with Gasteiger partial charge in [-0.15, -0.1) is 0 Å². The topological polar surface area (TPSA) is 43.4 Å². The summed E-state index contributed by atoms with van der Waals surface area (Å²) < 4.78 is 16.8. The van der Waals surface area contributed by atoms with E-state index in [1.54, 1.807) is 0 Å². The molecule has 0 radical (unpaired) electrons. The van der Waals surface area contributed by atoms with E-state index in [1.165, 1.54) is 7.11 Å². The van der Waals surface area contributed by atoms with Crippen LogP contribution in [0.4, 0.5) is 4.39 Å². The van der Waals surface area contributed by atoms with Crippen LogP contribution in [0.2, 0.25) is 0 Å². The Labute approximate surface area is 80.5 Å². The fourth-order valence-electron chi connectivity index (χ4n) is 0.657. The van der Waals surface area contributed by atoms with Gasteiger partial charge in [0.2, 0.25) is 0 Å². The number of halogens is 2. The highest BCUT2D eigenvalue weighted by molar-refractivity contribution is 6.67. The molecule has 0 fully saturated rings. The number of allylic oxidation sites excluding steroid dienone is 2. The number of esters is 1. The van der Waals surface area contributed by atoms with Gasteiger partial charge in [0.25, 0.3) is 5.24 Å². The summed E-state index contributed by atoms with van der Waals surface area (Å²) >= 11 is 4.82. The first-order valence-electron chi connectivity index (χ1n) is 3.70. The number of unbranched alkanes of at least 4 members (excludes halogenated alkanes) is 1. The molecule has 0 unspecified atom stereocenters. The van der Waals surface area contributed by atoms with E-state index < -0.39 is 11.1 Å². The molecule has 0 heterocycles. The van der Waals surface area contributed by atoms with Gasteiger partial charge in [0, 0.05) is 6.42 Å². The number of hydrogen-bond donors (Lipinski definition) is 0. The predicted octanol–water partition coefficient (Wildman–Crippen LogP) is 1.95. The highest BCUT2D eigenvalue weighted by Gasteiger charge is 2.03. The molecule has 0 N–H and O–H groups in total. The first kappa shape index (κ1) is 12.1. The van der Waals surface area contributed by atoms with Gasteiger partial charge in [-0.3, -0.25) is 9.59 Å². The van der Waals surface area contributed by atoms with E-state index in [-0.39, 0.29) is 12.4 Å². The summed E-state index contributed by atoms with van der Waals surface area (Å²) in [5.41, 5.74) is 0. The summed E-state index contributed by atoms with van der Waals surface area (Å²) in [5, 5.41) is -1.11. The lowest BCUT2D eigenvalue weighted by Crippen LogP contribution is -1.98. The van der Waals surface area contributed by atoms with Gasteiger partial charge in [-0.05, 0) is 30.5 Å². The van der Waals surface area contributed by atoms with E-state index in [0.717, 1.165) is 6.08 Å². The molecule has 0 bridgehead atoms. The van der Waals surface area contributed by atoms with E-state index in [4.69, 9.17) is 11.6 Å². The highest BCUT2D eigenvalue weighted by Crippen LogP contribution is 2.06. The van der Waals surface area contributed by atoms with E-state index >= 15 is 0 Å². The molecule has 0 aliphatic carbocycles. The van der Waals surface area contributed by atoms with Crippen molar-refractivity contribution in [2.45, 2.75) is 19.3 Å². The molecule has 0 aliphatic heterocycles. The largest absolute Gasteiger partial charge is 0.469 e. The van der Waals surface area contributed by atoms with Crippen molar-refractivity contribution < 1.29 is 18.7 Å². The average Bonchev–Trinajstić information content (AvgIpc) is 2.11. The van der Waals surface area contributed by atoms with Crippen LogP contribution < -0.4 is 0 Å². The van der Waals surface area contributed by atoms with Crippen LogP contribution in [0.15, 0.2) is 11.9 Å². The molecule has 0 aromatic carbocycles. The Morgan fingerprint density at radius 2 is 2.15 bits per heavy atom. The smallest absolute Gasteiger partial charge is 0.305 e. The summed E-state index contributed by atoms with van der Waals surface area (Å²) in [4.78, 5) is 20.7. The third-order valence-electron chi connectivity index (χ3n) is 1.32. The number of hydrogen-bond acceptors (Lipinski definition) is 3. The Morgan fingerprint density at radius 1 is 1.54 bits per heavy atom. The van der Waals surface area contributed by atoms with Gasteiger partial charge in [0.15, 0.2) is 5.83 Å². The summed E-state index contributed by atoms with van der Waals surface area (Å²) in [7, 11) is 1.28. The van der Waals surface area contributed by atoms with E-state index in [9.17, 15) is 14.0 Å². The SMILES string of the molecule is COC(=O)CCCC=C(F)C(=O)Cl. The minimum atomic E-state index is -1.11. The van der Waals surface area contributed by atoms with E-state index in [0.29, 0.717) is 12.8 Å². The van der Waals surface area contributed by atoms with Crippen LogP contribution in [0.3, 0.4) is 0 Å². The zero-order valence-electron chi connectivity index (χ0n) is 7.18. The highest BCUT2D eigenvalue weighted by atomic mass is 35.5. The number of carbonyl (C=O) groups is 2. The zero-order chi connectivity index (χ0) is 10.3. The van der Waals surface area contributed by atoms with Crippen molar-refractivity contribution in [3.63, 3.8) is 0 Å². The lowest BCUT2D eigenvalue weighted by molar-refractivity contribution is -0.140. The molecule has 0 aliphatic rings. The maximum Gasteiger partial charge on any atom is 0.305 e. The van der Waals surface area contributed by atoms with Crippen LogP contribution in [0.25, 0.3) is 0 Å². The molecule has 0 rings (SSSR count). The maximum atomic E-state index is 12.4. The Balaban J connectivity index is 3.61. The molecule has 0 saturated heterocycles. The molecule has 0 amide bonds. The van der Waals surface area contributed by atoms with Gasteiger partial charge in [-0.1, -0.05) is 0 Å². The molecule has 13 heavy (non-hydrogen) atoms. The van der Waals surface area contributed by atoms with Crippen LogP contribution in [0.5, 0.6) is 0 Å². The number of ether oxygens (including phenoxy) is 1. The molecule has 0 aromatic rings. The van der Waals surface area contributed by atoms with Crippen LogP contribution >= 0.6 is 11.6 Å². The van der Waals surface area contributed by atoms with Gasteiger partial charge in [0.05, 0.1) is 7.11 Å². The molecule has 0 atom stereocenters. The third-order valence-corrected chi connectivity index (χ3v) is 1.50. The molecular weight excluding hydrogens is 199 g/mol. The quantitative estimate of drug-likeness (QED) is 0.300. The van der Waals surface area contributed by atoms with Crippen molar-refractivity contribution in [1.82, 2.24) is 0 Å². The minimum Gasteiger partial charge on any atom is -0.469 e. The second-order valence-corrected chi connectivity index (χ2v) is 2.64. The second kappa shape index (κ2) is 6.60. The van der Waals surface area contributed by atoms with Crippen molar-refractivity contribution in [3.8, 4) is 0 Å². The van der Waals surface area contributed by atoms with Crippen molar-refractivity contribution in [3.05, 3.63) is 11.9 Å². The molecule has 5 heteroatoms. The minimum absolute atomic E-state index is 0.205. The van der Waals surface area contributed by atoms with Crippen LogP contribution in [0.1, 0.15) is 19.3 Å². The van der Waals surface area contributed by atoms with Crippen molar-refractivity contribution in [1.29, 1.82) is 0 Å². The summed E-state index contributed by atoms with van der Waals surface area (Å²) in [6.07, 6.45) is 1.98. The number of carbonyl (C=O) groups excluding carboxylic acids is 2. The second-order valence-electron chi connectivity index (χ2n) is 2.29. The lowest BCUT2D eigenvalue weighted by Gasteiger charge is -1.95. The van der Waals surface area contributed by atoms with E-state index in [1.807, 2.05) is 0 Å². The lowest BCUT2D eigenvalue weighted by atomic mass is 10.2. The maximum absolute atomic E-state index is 12.4. The first-order valence-corrected chi connectivity index (χ1v) is 4.08. The van der Waals surface area contributed by atoms with Crippen molar-refractivity contribution >= 4 is 22.8 Å². The molecule has 0 aromatic heterocycles. The summed E-state index contributed by atoms with van der Waals surface area (Å²) in [5.74, 6) is -1.34. The number of methoxy groups -OCH3 is 1. The average molecular weight is 209 g/mol. The van der Waals surface area contributed by atoms with Crippen molar-refractivity contribution in [2.24, 2.45) is 0 Å². The Hall–Kier alpha value is -0.900. The third kappa shape index (κ3) is 6.28. The molecule has 0 saturated carbocycles.